The van der Waals surface area contributed by atoms with E-state index in [9.17, 15) is 23.7 Å². The van der Waals surface area contributed by atoms with E-state index in [0.29, 0.717) is 29.6 Å². The third-order valence-corrected chi connectivity index (χ3v) is 7.93. The van der Waals surface area contributed by atoms with Crippen molar-refractivity contribution in [2.24, 2.45) is 0 Å². The van der Waals surface area contributed by atoms with Gasteiger partial charge in [0.15, 0.2) is 9.84 Å². The number of rotatable bonds is 6. The van der Waals surface area contributed by atoms with Gasteiger partial charge >= 0.3 is 7.12 Å². The first-order valence-corrected chi connectivity index (χ1v) is 11.8. The van der Waals surface area contributed by atoms with Crippen LogP contribution < -0.4 is 0 Å². The van der Waals surface area contributed by atoms with Crippen LogP contribution in [0.1, 0.15) is 31.7 Å². The second kappa shape index (κ2) is 8.71. The van der Waals surface area contributed by atoms with Crippen LogP contribution in [0.5, 0.6) is 5.75 Å². The summed E-state index contributed by atoms with van der Waals surface area (Å²) in [6.45, 7) is 1.70. The summed E-state index contributed by atoms with van der Waals surface area (Å²) >= 11 is 3.40. The van der Waals surface area contributed by atoms with E-state index in [0.717, 1.165) is 16.5 Å². The molecule has 152 valence electrons. The molecule has 0 aromatic heterocycles. The summed E-state index contributed by atoms with van der Waals surface area (Å²) in [5.41, 5.74) is 2.88. The van der Waals surface area contributed by atoms with Crippen molar-refractivity contribution in [3.63, 3.8) is 0 Å². The van der Waals surface area contributed by atoms with E-state index in [1.165, 1.54) is 0 Å². The molecule has 0 bridgehead atoms. The summed E-state index contributed by atoms with van der Waals surface area (Å²) in [4.78, 5) is 0. The van der Waals surface area contributed by atoms with Gasteiger partial charge in [-0.1, -0.05) is 34.5 Å². The van der Waals surface area contributed by atoms with Gasteiger partial charge in [-0.15, -0.1) is 0 Å². The molecule has 0 saturated carbocycles. The molecule has 6 nitrogen and oxygen atoms in total. The highest BCUT2D eigenvalue weighted by Gasteiger charge is 2.48. The molecule has 1 fully saturated rings. The Hall–Kier alpha value is -1.13. The highest BCUT2D eigenvalue weighted by atomic mass is 79.9. The summed E-state index contributed by atoms with van der Waals surface area (Å²) in [5, 5.41) is 28.9. The predicted octanol–water partition coefficient (Wildman–Crippen LogP) is 2.69. The number of aliphatic hydroxyl groups excluding tert-OH is 1. The van der Waals surface area contributed by atoms with E-state index in [2.05, 4.69) is 15.9 Å². The van der Waals surface area contributed by atoms with E-state index in [4.69, 9.17) is 4.65 Å². The molecule has 2 aliphatic heterocycles. The summed E-state index contributed by atoms with van der Waals surface area (Å²) < 4.78 is 31.3. The number of phenols is 1. The van der Waals surface area contributed by atoms with Crippen molar-refractivity contribution in [2.75, 3.05) is 12.4 Å². The number of hydrogen-bond donors (Lipinski definition) is 3. The number of allylic oxidation sites excluding steroid dienone is 1. The Labute approximate surface area is 174 Å². The number of hydrogen-bond acceptors (Lipinski definition) is 6. The second-order valence-electron chi connectivity index (χ2n) is 7.23. The largest absolute Gasteiger partial charge is 0.507 e. The van der Waals surface area contributed by atoms with E-state index in [1.807, 2.05) is 19.1 Å². The Morgan fingerprint density at radius 3 is 2.86 bits per heavy atom. The van der Waals surface area contributed by atoms with Crippen molar-refractivity contribution in [3.05, 3.63) is 45.0 Å². The van der Waals surface area contributed by atoms with Crippen molar-refractivity contribution in [2.45, 2.75) is 43.9 Å². The zero-order valence-electron chi connectivity index (χ0n) is 15.6. The monoisotopic (exact) mass is 470 g/mol. The molecule has 2 heterocycles. The molecule has 28 heavy (non-hydrogen) atoms. The Kier molecular flexibility index (Phi) is 6.71. The van der Waals surface area contributed by atoms with E-state index in [1.54, 1.807) is 12.1 Å². The van der Waals surface area contributed by atoms with Crippen molar-refractivity contribution in [1.82, 2.24) is 0 Å². The summed E-state index contributed by atoms with van der Waals surface area (Å²) in [7, 11) is -4.53. The van der Waals surface area contributed by atoms with Crippen LogP contribution in [0.4, 0.5) is 0 Å². The van der Waals surface area contributed by atoms with Gasteiger partial charge in [0.1, 0.15) is 5.75 Å². The van der Waals surface area contributed by atoms with Gasteiger partial charge in [0.2, 0.25) is 0 Å². The molecular formula is C19H24BBrO6S. The maximum atomic E-state index is 12.4. The molecule has 2 atom stereocenters. The first-order chi connectivity index (χ1) is 13.2. The normalized spacial score (nSPS) is 24.6. The third-order valence-electron chi connectivity index (χ3n) is 5.37. The minimum absolute atomic E-state index is 0.0139. The zero-order valence-corrected chi connectivity index (χ0v) is 18.0. The fourth-order valence-corrected chi connectivity index (χ4v) is 6.43. The number of halogens is 1. The molecule has 2 aliphatic rings. The summed E-state index contributed by atoms with van der Waals surface area (Å²) in [6, 6.07) is 5.22. The molecule has 3 rings (SSSR count). The molecule has 1 aromatic carbocycles. The summed E-state index contributed by atoms with van der Waals surface area (Å²) in [5.74, 6) is 0.0177. The van der Waals surface area contributed by atoms with Gasteiger partial charge in [-0.05, 0) is 48.6 Å². The van der Waals surface area contributed by atoms with E-state index >= 15 is 0 Å². The van der Waals surface area contributed by atoms with Crippen LogP contribution in [0.2, 0.25) is 6.32 Å². The number of aliphatic hydroxyl groups is 1. The minimum atomic E-state index is -3.40. The van der Waals surface area contributed by atoms with Crippen molar-refractivity contribution in [3.8, 4) is 5.75 Å². The molecule has 9 heteroatoms. The average Bonchev–Trinajstić information content (AvgIpc) is 2.91. The van der Waals surface area contributed by atoms with E-state index in [-0.39, 0.29) is 24.4 Å². The standard InChI is InChI=1S/C19H24BBrO6S/c1-2-12(7-13-8-15(21)4-5-16(13)23)3-6-17-19-14(10-22)11-28(25,26)18(19)9-20(24)27-17/h4-5,7-8,17-18,22-24H,2-3,6,9-11H2,1H3/b12-7+/t17-,18+/m1/s1. The lowest BCUT2D eigenvalue weighted by atomic mass is 9.74. The SMILES string of the molecule is CC/C(=C\c1cc(Br)ccc1O)CC[C@H]1OB(O)C[C@H]2C1=C(CO)CS2(=O)=O. The van der Waals surface area contributed by atoms with Gasteiger partial charge in [0.25, 0.3) is 0 Å². The van der Waals surface area contributed by atoms with Crippen LogP contribution in [0.15, 0.2) is 39.4 Å². The molecule has 0 amide bonds. The molecule has 0 spiro atoms. The van der Waals surface area contributed by atoms with Crippen molar-refractivity contribution in [1.29, 1.82) is 0 Å². The minimum Gasteiger partial charge on any atom is -0.507 e. The van der Waals surface area contributed by atoms with Crippen LogP contribution >= 0.6 is 15.9 Å². The second-order valence-corrected chi connectivity index (χ2v) is 10.3. The van der Waals surface area contributed by atoms with Gasteiger partial charge in [-0.3, -0.25) is 0 Å². The lowest BCUT2D eigenvalue weighted by Gasteiger charge is -2.32. The van der Waals surface area contributed by atoms with E-state index < -0.39 is 28.3 Å². The van der Waals surface area contributed by atoms with Gasteiger partial charge in [0, 0.05) is 16.4 Å². The number of sulfone groups is 1. The van der Waals surface area contributed by atoms with Crippen LogP contribution in [0.25, 0.3) is 6.08 Å². The van der Waals surface area contributed by atoms with Crippen molar-refractivity contribution >= 4 is 39.0 Å². The molecule has 0 aliphatic carbocycles. The molecule has 1 saturated heterocycles. The van der Waals surface area contributed by atoms with Gasteiger partial charge in [-0.2, -0.15) is 0 Å². The first kappa shape index (κ1) is 21.6. The number of phenolic OH excluding ortho intramolecular Hbond substituents is 1. The number of fused-ring (bicyclic) bond motifs is 1. The Morgan fingerprint density at radius 1 is 1.43 bits per heavy atom. The van der Waals surface area contributed by atoms with Crippen molar-refractivity contribution < 1.29 is 28.3 Å². The number of aromatic hydroxyl groups is 1. The topological polar surface area (TPSA) is 104 Å². The zero-order chi connectivity index (χ0) is 20.5. The molecule has 3 N–H and O–H groups in total. The lowest BCUT2D eigenvalue weighted by molar-refractivity contribution is 0.168. The highest BCUT2D eigenvalue weighted by molar-refractivity contribution is 9.10. The molecular weight excluding hydrogens is 447 g/mol. The fourth-order valence-electron chi connectivity index (χ4n) is 3.95. The maximum Gasteiger partial charge on any atom is 0.456 e. The Bertz CT molecular complexity index is 911. The van der Waals surface area contributed by atoms with Gasteiger partial charge < -0.3 is 19.9 Å². The predicted molar refractivity (Wildman–Crippen MR) is 113 cm³/mol. The lowest BCUT2D eigenvalue weighted by Crippen LogP contribution is -2.42. The van der Waals surface area contributed by atoms with Crippen LogP contribution in [-0.4, -0.2) is 54.5 Å². The molecule has 1 aromatic rings. The molecule has 0 unspecified atom stereocenters. The van der Waals surface area contributed by atoms with Crippen LogP contribution in [0, 0.1) is 0 Å². The van der Waals surface area contributed by atoms with Crippen LogP contribution in [0.3, 0.4) is 0 Å². The first-order valence-electron chi connectivity index (χ1n) is 9.30. The quantitative estimate of drug-likeness (QED) is 0.436. The number of benzene rings is 1. The van der Waals surface area contributed by atoms with Crippen LogP contribution in [-0.2, 0) is 14.5 Å². The van der Waals surface area contributed by atoms with Gasteiger partial charge in [0.05, 0.1) is 23.7 Å². The molecule has 0 radical (unpaired) electrons. The smallest absolute Gasteiger partial charge is 0.456 e. The Morgan fingerprint density at radius 2 is 2.18 bits per heavy atom. The summed E-state index contributed by atoms with van der Waals surface area (Å²) in [6.07, 6.45) is 3.27. The third kappa shape index (κ3) is 4.54. The fraction of sp³-hybridized carbons (Fsp3) is 0.474. The van der Waals surface area contributed by atoms with Gasteiger partial charge in [-0.25, -0.2) is 8.42 Å². The highest BCUT2D eigenvalue weighted by Crippen LogP contribution is 2.39. The Balaban J connectivity index is 1.81. The maximum absolute atomic E-state index is 12.4. The average molecular weight is 471 g/mol.